The first-order valence-corrected chi connectivity index (χ1v) is 7.82. The van der Waals surface area contributed by atoms with Crippen molar-refractivity contribution >= 4 is 17.7 Å². The lowest BCUT2D eigenvalue weighted by molar-refractivity contribution is -0.144. The number of nitrogens with zero attached hydrogens (tertiary/aromatic N) is 2. The quantitative estimate of drug-likeness (QED) is 0.764. The molecule has 0 aromatic rings. The molecule has 0 spiro atoms. The molecule has 0 N–H and O–H groups in total. The fourth-order valence-electron chi connectivity index (χ4n) is 2.69. The van der Waals surface area contributed by atoms with Gasteiger partial charge < -0.3 is 9.64 Å². The monoisotopic (exact) mass is 268 g/mol. The highest BCUT2D eigenvalue weighted by Gasteiger charge is 2.43. The molecule has 18 heavy (non-hydrogen) atoms. The van der Waals surface area contributed by atoms with Crippen molar-refractivity contribution in [2.24, 2.45) is 5.41 Å². The van der Waals surface area contributed by atoms with E-state index in [0.717, 1.165) is 25.9 Å². The zero-order valence-electron chi connectivity index (χ0n) is 10.9. The molecule has 0 atom stereocenters. The molecule has 0 radical (unpaired) electrons. The number of nitriles is 1. The molecular weight excluding hydrogens is 248 g/mol. The van der Waals surface area contributed by atoms with E-state index in [1.54, 1.807) is 0 Å². The summed E-state index contributed by atoms with van der Waals surface area (Å²) >= 11 is 1.88. The number of hydrogen-bond acceptors (Lipinski definition) is 4. The van der Waals surface area contributed by atoms with E-state index in [9.17, 15) is 10.1 Å². The molecule has 100 valence electrons. The van der Waals surface area contributed by atoms with E-state index in [4.69, 9.17) is 4.74 Å². The van der Waals surface area contributed by atoms with Crippen LogP contribution in [-0.2, 0) is 9.53 Å². The van der Waals surface area contributed by atoms with Gasteiger partial charge in [-0.3, -0.25) is 4.79 Å². The van der Waals surface area contributed by atoms with E-state index in [1.807, 2.05) is 16.7 Å². The highest BCUT2D eigenvalue weighted by Crippen LogP contribution is 2.33. The molecule has 5 heteroatoms. The third-order valence-electron chi connectivity index (χ3n) is 4.03. The van der Waals surface area contributed by atoms with Crippen LogP contribution in [0.25, 0.3) is 0 Å². The van der Waals surface area contributed by atoms with E-state index < -0.39 is 5.41 Å². The van der Waals surface area contributed by atoms with E-state index >= 15 is 0 Å². The van der Waals surface area contributed by atoms with Crippen LogP contribution in [0.1, 0.15) is 25.7 Å². The molecule has 2 saturated heterocycles. The highest BCUT2D eigenvalue weighted by atomic mass is 32.2. The number of hydrogen-bond donors (Lipinski definition) is 0. The third kappa shape index (κ3) is 2.65. The lowest BCUT2D eigenvalue weighted by atomic mass is 9.80. The largest absolute Gasteiger partial charge is 0.381 e. The molecule has 0 aliphatic carbocycles. The second kappa shape index (κ2) is 5.94. The Morgan fingerprint density at radius 1 is 1.39 bits per heavy atom. The molecular formula is C13H20N2O2S. The van der Waals surface area contributed by atoms with Gasteiger partial charge >= 0.3 is 0 Å². The molecule has 0 saturated carbocycles. The van der Waals surface area contributed by atoms with E-state index in [0.29, 0.717) is 31.3 Å². The Morgan fingerprint density at radius 3 is 2.50 bits per heavy atom. The van der Waals surface area contributed by atoms with E-state index in [-0.39, 0.29) is 5.91 Å². The van der Waals surface area contributed by atoms with Crippen molar-refractivity contribution in [2.75, 3.05) is 32.6 Å². The SMILES string of the molecule is CSC1CCN(C(=O)C2(C#N)CCOCC2)CC1. The zero-order valence-corrected chi connectivity index (χ0v) is 11.7. The molecule has 4 nitrogen and oxygen atoms in total. The van der Waals surface area contributed by atoms with Gasteiger partial charge in [0.15, 0.2) is 0 Å². The number of likely N-dealkylation sites (tertiary alicyclic amines) is 1. The number of amides is 1. The molecule has 0 bridgehead atoms. The van der Waals surface area contributed by atoms with Crippen LogP contribution in [0.15, 0.2) is 0 Å². The lowest BCUT2D eigenvalue weighted by Gasteiger charge is -2.38. The number of carbonyl (C=O) groups is 1. The maximum atomic E-state index is 12.5. The molecule has 2 aliphatic heterocycles. The van der Waals surface area contributed by atoms with Crippen LogP contribution in [0.5, 0.6) is 0 Å². The number of ether oxygens (including phenoxy) is 1. The van der Waals surface area contributed by atoms with Crippen molar-refractivity contribution in [1.29, 1.82) is 5.26 Å². The second-order valence-corrected chi connectivity index (χ2v) is 6.17. The molecule has 0 aromatic heterocycles. The van der Waals surface area contributed by atoms with Gasteiger partial charge in [-0.15, -0.1) is 0 Å². The first-order valence-electron chi connectivity index (χ1n) is 6.53. The van der Waals surface area contributed by atoms with Gasteiger partial charge in [0.2, 0.25) is 5.91 Å². The van der Waals surface area contributed by atoms with E-state index in [2.05, 4.69) is 12.3 Å². The molecule has 2 heterocycles. The van der Waals surface area contributed by atoms with Crippen LogP contribution in [0.2, 0.25) is 0 Å². The smallest absolute Gasteiger partial charge is 0.243 e. The van der Waals surface area contributed by atoms with Gasteiger partial charge in [0.25, 0.3) is 0 Å². The Balaban J connectivity index is 2.00. The Morgan fingerprint density at radius 2 is 2.00 bits per heavy atom. The molecule has 0 aromatic carbocycles. The van der Waals surface area contributed by atoms with Crippen molar-refractivity contribution in [3.8, 4) is 6.07 Å². The van der Waals surface area contributed by atoms with Crippen LogP contribution in [-0.4, -0.2) is 48.6 Å². The fourth-order valence-corrected chi connectivity index (χ4v) is 3.37. The first kappa shape index (κ1) is 13.7. The fraction of sp³-hybridized carbons (Fsp3) is 0.846. The van der Waals surface area contributed by atoms with Gasteiger partial charge in [-0.05, 0) is 31.9 Å². The summed E-state index contributed by atoms with van der Waals surface area (Å²) in [5.74, 6) is 0.0350. The van der Waals surface area contributed by atoms with Gasteiger partial charge in [-0.2, -0.15) is 17.0 Å². The van der Waals surface area contributed by atoms with Crippen LogP contribution in [0.3, 0.4) is 0 Å². The molecule has 0 unspecified atom stereocenters. The van der Waals surface area contributed by atoms with Gasteiger partial charge in [-0.25, -0.2) is 0 Å². The predicted molar refractivity (Wildman–Crippen MR) is 71.2 cm³/mol. The van der Waals surface area contributed by atoms with Crippen LogP contribution in [0, 0.1) is 16.7 Å². The van der Waals surface area contributed by atoms with E-state index in [1.165, 1.54) is 0 Å². The normalized spacial score (nSPS) is 24.6. The second-order valence-electron chi connectivity index (χ2n) is 5.03. The van der Waals surface area contributed by atoms with Crippen molar-refractivity contribution < 1.29 is 9.53 Å². The van der Waals surface area contributed by atoms with Crippen molar-refractivity contribution in [3.05, 3.63) is 0 Å². The molecule has 2 rings (SSSR count). The summed E-state index contributed by atoms with van der Waals surface area (Å²) in [5.41, 5.74) is -0.815. The summed E-state index contributed by atoms with van der Waals surface area (Å²) in [4.78, 5) is 14.4. The molecule has 2 fully saturated rings. The maximum absolute atomic E-state index is 12.5. The maximum Gasteiger partial charge on any atom is 0.243 e. The Labute approximate surface area is 113 Å². The minimum Gasteiger partial charge on any atom is -0.381 e. The third-order valence-corrected chi connectivity index (χ3v) is 5.17. The van der Waals surface area contributed by atoms with Crippen LogP contribution >= 0.6 is 11.8 Å². The summed E-state index contributed by atoms with van der Waals surface area (Å²) < 4.78 is 5.27. The number of rotatable bonds is 2. The number of thioether (sulfide) groups is 1. The zero-order chi connectivity index (χ0) is 13.0. The summed E-state index contributed by atoms with van der Waals surface area (Å²) in [5, 5.41) is 10.1. The Hall–Kier alpha value is -0.730. The molecule has 2 aliphatic rings. The summed E-state index contributed by atoms with van der Waals surface area (Å²) in [6.07, 6.45) is 5.31. The first-order chi connectivity index (χ1) is 8.72. The minimum atomic E-state index is -0.815. The Bertz CT molecular complexity index is 339. The standard InChI is InChI=1S/C13H20N2O2S/c1-18-11-2-6-15(7-3-11)12(16)13(10-14)4-8-17-9-5-13/h11H,2-9H2,1H3. The summed E-state index contributed by atoms with van der Waals surface area (Å²) in [6.45, 7) is 2.66. The van der Waals surface area contributed by atoms with Gasteiger partial charge in [0.1, 0.15) is 5.41 Å². The van der Waals surface area contributed by atoms with Gasteiger partial charge in [0, 0.05) is 31.6 Å². The number of piperidine rings is 1. The molecule has 1 amide bonds. The Kier molecular flexibility index (Phi) is 4.52. The van der Waals surface area contributed by atoms with Crippen molar-refractivity contribution in [3.63, 3.8) is 0 Å². The topological polar surface area (TPSA) is 53.3 Å². The van der Waals surface area contributed by atoms with Crippen LogP contribution in [0.4, 0.5) is 0 Å². The minimum absolute atomic E-state index is 0.0350. The van der Waals surface area contributed by atoms with Gasteiger partial charge in [-0.1, -0.05) is 0 Å². The predicted octanol–water partition coefficient (Wildman–Crippen LogP) is 1.66. The number of carbonyl (C=O) groups excluding carboxylic acids is 1. The average Bonchev–Trinajstić information content (AvgIpc) is 2.47. The summed E-state index contributed by atoms with van der Waals surface area (Å²) in [6, 6.07) is 2.26. The lowest BCUT2D eigenvalue weighted by Crippen LogP contribution is -2.49. The van der Waals surface area contributed by atoms with Gasteiger partial charge in [0.05, 0.1) is 6.07 Å². The average molecular weight is 268 g/mol. The van der Waals surface area contributed by atoms with Crippen molar-refractivity contribution in [2.45, 2.75) is 30.9 Å². The highest BCUT2D eigenvalue weighted by molar-refractivity contribution is 7.99. The van der Waals surface area contributed by atoms with Crippen LogP contribution < -0.4 is 0 Å². The summed E-state index contributed by atoms with van der Waals surface area (Å²) in [7, 11) is 0. The van der Waals surface area contributed by atoms with Crippen molar-refractivity contribution in [1.82, 2.24) is 4.90 Å².